The van der Waals surface area contributed by atoms with Crippen LogP contribution in [0.4, 0.5) is 10.2 Å². The van der Waals surface area contributed by atoms with E-state index in [4.69, 9.17) is 0 Å². The van der Waals surface area contributed by atoms with Crippen LogP contribution in [0.1, 0.15) is 11.7 Å². The fourth-order valence-electron chi connectivity index (χ4n) is 1.52. The van der Waals surface area contributed by atoms with Crippen LogP contribution in [0.3, 0.4) is 0 Å². The largest absolute Gasteiger partial charge is 0.386 e. The van der Waals surface area contributed by atoms with E-state index in [1.807, 2.05) is 6.07 Å². The number of rotatable bonds is 4. The van der Waals surface area contributed by atoms with Crippen LogP contribution in [0.25, 0.3) is 0 Å². The lowest BCUT2D eigenvalue weighted by Gasteiger charge is -2.13. The standard InChI is InChI=1S/C13H13FN2O/c14-11-6-2-1-5-10(11)12(17)9-16-13-7-3-4-8-15-13/h1-8,12,17H,9H2,(H,15,16). The highest BCUT2D eigenvalue weighted by Crippen LogP contribution is 2.16. The highest BCUT2D eigenvalue weighted by molar-refractivity contribution is 5.34. The number of benzene rings is 1. The van der Waals surface area contributed by atoms with Crippen LogP contribution >= 0.6 is 0 Å². The minimum absolute atomic E-state index is 0.220. The van der Waals surface area contributed by atoms with Crippen LogP contribution in [0.5, 0.6) is 0 Å². The molecule has 0 spiro atoms. The molecule has 2 rings (SSSR count). The predicted octanol–water partition coefficient (Wildman–Crippen LogP) is 2.37. The monoisotopic (exact) mass is 232 g/mol. The SMILES string of the molecule is OC(CNc1ccccn1)c1ccccc1F. The highest BCUT2D eigenvalue weighted by atomic mass is 19.1. The number of pyridine rings is 1. The van der Waals surface area contributed by atoms with Crippen molar-refractivity contribution < 1.29 is 9.50 Å². The maximum atomic E-state index is 13.4. The molecule has 4 heteroatoms. The maximum absolute atomic E-state index is 13.4. The van der Waals surface area contributed by atoms with Gasteiger partial charge in [0.05, 0.1) is 6.10 Å². The van der Waals surface area contributed by atoms with Crippen molar-refractivity contribution in [2.75, 3.05) is 11.9 Å². The molecule has 0 saturated heterocycles. The maximum Gasteiger partial charge on any atom is 0.129 e. The number of nitrogens with zero attached hydrogens (tertiary/aromatic N) is 1. The second-order valence-electron chi connectivity index (χ2n) is 3.63. The third-order valence-electron chi connectivity index (χ3n) is 2.41. The molecule has 0 saturated carbocycles. The van der Waals surface area contributed by atoms with Crippen LogP contribution in [0, 0.1) is 5.82 Å². The first-order chi connectivity index (χ1) is 8.27. The van der Waals surface area contributed by atoms with E-state index < -0.39 is 11.9 Å². The molecular formula is C13H13FN2O. The summed E-state index contributed by atoms with van der Waals surface area (Å²) in [6.07, 6.45) is 0.760. The van der Waals surface area contributed by atoms with Gasteiger partial charge in [-0.1, -0.05) is 24.3 Å². The van der Waals surface area contributed by atoms with Crippen LogP contribution in [-0.2, 0) is 0 Å². The summed E-state index contributed by atoms with van der Waals surface area (Å²) in [4.78, 5) is 4.05. The molecule has 0 amide bonds. The number of aliphatic hydroxyl groups is 1. The second-order valence-corrected chi connectivity index (χ2v) is 3.63. The van der Waals surface area contributed by atoms with Gasteiger partial charge in [0.1, 0.15) is 11.6 Å². The number of hydrogen-bond donors (Lipinski definition) is 2. The molecule has 0 aliphatic heterocycles. The lowest BCUT2D eigenvalue weighted by atomic mass is 10.1. The van der Waals surface area contributed by atoms with Gasteiger partial charge in [0, 0.05) is 18.3 Å². The molecule has 0 radical (unpaired) electrons. The lowest BCUT2D eigenvalue weighted by Crippen LogP contribution is -2.13. The van der Waals surface area contributed by atoms with Gasteiger partial charge in [-0.15, -0.1) is 0 Å². The summed E-state index contributed by atoms with van der Waals surface area (Å²) < 4.78 is 13.4. The summed E-state index contributed by atoms with van der Waals surface area (Å²) in [5.74, 6) is 0.255. The molecule has 88 valence electrons. The number of anilines is 1. The molecule has 0 aliphatic carbocycles. The number of halogens is 1. The first kappa shape index (κ1) is 11.5. The minimum Gasteiger partial charge on any atom is -0.386 e. The summed E-state index contributed by atoms with van der Waals surface area (Å²) in [7, 11) is 0. The van der Waals surface area contributed by atoms with Gasteiger partial charge in [-0.3, -0.25) is 0 Å². The Labute approximate surface area is 98.9 Å². The van der Waals surface area contributed by atoms with Crippen molar-refractivity contribution in [3.8, 4) is 0 Å². The van der Waals surface area contributed by atoms with Crippen LogP contribution in [-0.4, -0.2) is 16.6 Å². The van der Waals surface area contributed by atoms with E-state index in [-0.39, 0.29) is 12.1 Å². The van der Waals surface area contributed by atoms with Gasteiger partial charge < -0.3 is 10.4 Å². The van der Waals surface area contributed by atoms with Crippen molar-refractivity contribution in [1.29, 1.82) is 0 Å². The molecular weight excluding hydrogens is 219 g/mol. The van der Waals surface area contributed by atoms with Gasteiger partial charge in [0.2, 0.25) is 0 Å². The van der Waals surface area contributed by atoms with Crippen molar-refractivity contribution in [2.45, 2.75) is 6.10 Å². The molecule has 1 atom stereocenters. The molecule has 1 aromatic carbocycles. The summed E-state index contributed by atoms with van der Waals surface area (Å²) in [6.45, 7) is 0.220. The Morgan fingerprint density at radius 3 is 2.65 bits per heavy atom. The molecule has 0 fully saturated rings. The van der Waals surface area contributed by atoms with Crippen LogP contribution < -0.4 is 5.32 Å². The van der Waals surface area contributed by atoms with E-state index in [2.05, 4.69) is 10.3 Å². The Morgan fingerprint density at radius 1 is 1.18 bits per heavy atom. The predicted molar refractivity (Wildman–Crippen MR) is 64.1 cm³/mol. The normalized spacial score (nSPS) is 12.1. The van der Waals surface area contributed by atoms with Crippen LogP contribution in [0.2, 0.25) is 0 Å². The molecule has 3 nitrogen and oxygen atoms in total. The zero-order valence-electron chi connectivity index (χ0n) is 9.18. The van der Waals surface area contributed by atoms with Crippen molar-refractivity contribution in [1.82, 2.24) is 4.98 Å². The van der Waals surface area contributed by atoms with Crippen molar-refractivity contribution >= 4 is 5.82 Å². The average Bonchev–Trinajstić information content (AvgIpc) is 2.38. The van der Waals surface area contributed by atoms with E-state index in [0.29, 0.717) is 5.82 Å². The minimum atomic E-state index is -0.891. The molecule has 1 heterocycles. The van der Waals surface area contributed by atoms with Gasteiger partial charge >= 0.3 is 0 Å². The topological polar surface area (TPSA) is 45.1 Å². The number of aliphatic hydroxyl groups excluding tert-OH is 1. The number of nitrogens with one attached hydrogen (secondary N) is 1. The van der Waals surface area contributed by atoms with E-state index in [1.54, 1.807) is 36.5 Å². The Bertz CT molecular complexity index is 476. The summed E-state index contributed by atoms with van der Waals surface area (Å²) in [6, 6.07) is 11.6. The average molecular weight is 232 g/mol. The van der Waals surface area contributed by atoms with Gasteiger partial charge in [0.25, 0.3) is 0 Å². The lowest BCUT2D eigenvalue weighted by molar-refractivity contribution is 0.186. The fourth-order valence-corrected chi connectivity index (χ4v) is 1.52. The van der Waals surface area contributed by atoms with Crippen molar-refractivity contribution in [3.63, 3.8) is 0 Å². The van der Waals surface area contributed by atoms with Gasteiger partial charge in [0.15, 0.2) is 0 Å². The smallest absolute Gasteiger partial charge is 0.129 e. The molecule has 1 unspecified atom stereocenters. The molecule has 2 N–H and O–H groups in total. The third-order valence-corrected chi connectivity index (χ3v) is 2.41. The zero-order chi connectivity index (χ0) is 12.1. The number of hydrogen-bond acceptors (Lipinski definition) is 3. The van der Waals surface area contributed by atoms with E-state index in [0.717, 1.165) is 0 Å². The Kier molecular flexibility index (Phi) is 3.67. The van der Waals surface area contributed by atoms with E-state index in [1.165, 1.54) is 6.07 Å². The molecule has 0 bridgehead atoms. The summed E-state index contributed by atoms with van der Waals surface area (Å²) in [5.41, 5.74) is 0.288. The fraction of sp³-hybridized carbons (Fsp3) is 0.154. The molecule has 17 heavy (non-hydrogen) atoms. The Morgan fingerprint density at radius 2 is 1.94 bits per heavy atom. The summed E-state index contributed by atoms with van der Waals surface area (Å²) in [5, 5.41) is 12.8. The molecule has 2 aromatic rings. The van der Waals surface area contributed by atoms with Crippen molar-refractivity contribution in [2.24, 2.45) is 0 Å². The Hall–Kier alpha value is -1.94. The Balaban J connectivity index is 1.99. The van der Waals surface area contributed by atoms with E-state index in [9.17, 15) is 9.50 Å². The van der Waals surface area contributed by atoms with Crippen LogP contribution in [0.15, 0.2) is 48.7 Å². The number of aromatic nitrogens is 1. The quantitative estimate of drug-likeness (QED) is 0.850. The third kappa shape index (κ3) is 3.01. The van der Waals surface area contributed by atoms with Gasteiger partial charge in [-0.05, 0) is 18.2 Å². The second kappa shape index (κ2) is 5.41. The van der Waals surface area contributed by atoms with Gasteiger partial charge in [-0.2, -0.15) is 0 Å². The van der Waals surface area contributed by atoms with Crippen molar-refractivity contribution in [3.05, 3.63) is 60.0 Å². The first-order valence-corrected chi connectivity index (χ1v) is 5.35. The first-order valence-electron chi connectivity index (χ1n) is 5.35. The molecule has 1 aromatic heterocycles. The van der Waals surface area contributed by atoms with E-state index >= 15 is 0 Å². The highest BCUT2D eigenvalue weighted by Gasteiger charge is 2.11. The van der Waals surface area contributed by atoms with Gasteiger partial charge in [-0.25, -0.2) is 9.37 Å². The zero-order valence-corrected chi connectivity index (χ0v) is 9.18. The molecule has 0 aliphatic rings. The summed E-state index contributed by atoms with van der Waals surface area (Å²) >= 11 is 0.